The molecule has 5 heteroatoms. The molecule has 1 aromatic rings. The van der Waals surface area contributed by atoms with Gasteiger partial charge >= 0.3 is 0 Å². The third-order valence-electron chi connectivity index (χ3n) is 5.16. The van der Waals surface area contributed by atoms with Crippen molar-refractivity contribution in [3.8, 4) is 0 Å². The highest BCUT2D eigenvalue weighted by atomic mass is 16.2. The first-order valence-electron chi connectivity index (χ1n) is 9.58. The summed E-state index contributed by atoms with van der Waals surface area (Å²) >= 11 is 0. The minimum absolute atomic E-state index is 0.00256. The van der Waals surface area contributed by atoms with E-state index in [1.807, 2.05) is 39.0 Å². The number of benzene rings is 1. The molecule has 0 aromatic heterocycles. The van der Waals surface area contributed by atoms with Crippen LogP contribution in [0.4, 0.5) is 0 Å². The first kappa shape index (κ1) is 20.1. The molecule has 1 saturated heterocycles. The van der Waals surface area contributed by atoms with Crippen LogP contribution in [-0.2, 0) is 9.59 Å². The van der Waals surface area contributed by atoms with Gasteiger partial charge < -0.3 is 10.2 Å². The van der Waals surface area contributed by atoms with Gasteiger partial charge in [0.2, 0.25) is 11.8 Å². The van der Waals surface area contributed by atoms with E-state index in [4.69, 9.17) is 0 Å². The van der Waals surface area contributed by atoms with Crippen LogP contribution in [0.25, 0.3) is 0 Å². The lowest BCUT2D eigenvalue weighted by atomic mass is 9.95. The van der Waals surface area contributed by atoms with E-state index in [1.165, 1.54) is 0 Å². The minimum atomic E-state index is 0.00256. The Labute approximate surface area is 156 Å². The lowest BCUT2D eigenvalue weighted by Gasteiger charge is -2.31. The summed E-state index contributed by atoms with van der Waals surface area (Å²) < 4.78 is 0. The molecule has 0 saturated carbocycles. The van der Waals surface area contributed by atoms with E-state index >= 15 is 0 Å². The summed E-state index contributed by atoms with van der Waals surface area (Å²) in [7, 11) is 0. The minimum Gasteiger partial charge on any atom is -0.356 e. The fourth-order valence-electron chi connectivity index (χ4n) is 3.22. The molecular weight excluding hydrogens is 328 g/mol. The van der Waals surface area contributed by atoms with Crippen LogP contribution >= 0.6 is 0 Å². The molecule has 1 N–H and O–H groups in total. The molecule has 5 nitrogen and oxygen atoms in total. The van der Waals surface area contributed by atoms with Gasteiger partial charge in [-0.15, -0.1) is 0 Å². The van der Waals surface area contributed by atoms with Crippen molar-refractivity contribution < 1.29 is 14.4 Å². The van der Waals surface area contributed by atoms with Crippen molar-refractivity contribution in [2.24, 2.45) is 5.92 Å². The fraction of sp³-hybridized carbons (Fsp3) is 0.571. The van der Waals surface area contributed by atoms with E-state index in [2.05, 4.69) is 5.32 Å². The van der Waals surface area contributed by atoms with E-state index in [-0.39, 0.29) is 36.4 Å². The third kappa shape index (κ3) is 5.41. The molecule has 2 amide bonds. The molecule has 142 valence electrons. The Kier molecular flexibility index (Phi) is 7.37. The Bertz CT molecular complexity index is 661. The van der Waals surface area contributed by atoms with E-state index in [0.29, 0.717) is 38.0 Å². The number of likely N-dealkylation sites (tertiary alicyclic amines) is 1. The number of carbonyl (C=O) groups is 3. The number of aryl methyl sites for hydroxylation is 2. The normalized spacial score (nSPS) is 15.0. The fourth-order valence-corrected chi connectivity index (χ4v) is 3.22. The van der Waals surface area contributed by atoms with E-state index in [0.717, 1.165) is 17.5 Å². The van der Waals surface area contributed by atoms with Gasteiger partial charge in [0.1, 0.15) is 0 Å². The van der Waals surface area contributed by atoms with Gasteiger partial charge in [0.15, 0.2) is 5.78 Å². The van der Waals surface area contributed by atoms with Gasteiger partial charge in [0.25, 0.3) is 0 Å². The Morgan fingerprint density at radius 2 is 1.77 bits per heavy atom. The predicted octanol–water partition coefficient (Wildman–Crippen LogP) is 3.03. The zero-order valence-corrected chi connectivity index (χ0v) is 16.1. The molecule has 1 aromatic carbocycles. The van der Waals surface area contributed by atoms with Crippen LogP contribution in [-0.4, -0.2) is 42.1 Å². The largest absolute Gasteiger partial charge is 0.356 e. The highest BCUT2D eigenvalue weighted by Crippen LogP contribution is 2.19. The molecule has 26 heavy (non-hydrogen) atoms. The Morgan fingerprint density at radius 3 is 2.38 bits per heavy atom. The lowest BCUT2D eigenvalue weighted by molar-refractivity contribution is -0.135. The second-order valence-corrected chi connectivity index (χ2v) is 7.17. The van der Waals surface area contributed by atoms with Crippen LogP contribution in [0.1, 0.15) is 60.5 Å². The molecule has 0 aliphatic carbocycles. The van der Waals surface area contributed by atoms with Crippen molar-refractivity contribution in [2.75, 3.05) is 19.6 Å². The number of ketones is 1. The van der Waals surface area contributed by atoms with Crippen molar-refractivity contribution in [1.29, 1.82) is 0 Å². The Balaban J connectivity index is 1.77. The maximum absolute atomic E-state index is 12.4. The maximum Gasteiger partial charge on any atom is 0.223 e. The molecule has 1 aliphatic rings. The Morgan fingerprint density at radius 1 is 1.08 bits per heavy atom. The first-order valence-corrected chi connectivity index (χ1v) is 9.58. The molecule has 1 fully saturated rings. The molecule has 1 heterocycles. The van der Waals surface area contributed by atoms with Crippen molar-refractivity contribution in [2.45, 2.75) is 52.9 Å². The molecule has 0 bridgehead atoms. The van der Waals surface area contributed by atoms with Crippen molar-refractivity contribution >= 4 is 17.6 Å². The zero-order valence-electron chi connectivity index (χ0n) is 16.1. The number of nitrogens with zero attached hydrogens (tertiary/aromatic N) is 1. The quantitative estimate of drug-likeness (QED) is 0.762. The van der Waals surface area contributed by atoms with Gasteiger partial charge in [-0.3, -0.25) is 14.4 Å². The number of piperidine rings is 1. The zero-order chi connectivity index (χ0) is 19.1. The first-order chi connectivity index (χ1) is 12.4. The monoisotopic (exact) mass is 358 g/mol. The van der Waals surface area contributed by atoms with Crippen molar-refractivity contribution in [3.63, 3.8) is 0 Å². The molecule has 0 spiro atoms. The van der Waals surface area contributed by atoms with Crippen LogP contribution in [0.15, 0.2) is 18.2 Å². The van der Waals surface area contributed by atoms with E-state index in [9.17, 15) is 14.4 Å². The van der Waals surface area contributed by atoms with E-state index in [1.54, 1.807) is 4.90 Å². The molecule has 1 aliphatic heterocycles. The number of rotatable bonds is 7. The van der Waals surface area contributed by atoms with Gasteiger partial charge in [-0.1, -0.05) is 19.1 Å². The highest BCUT2D eigenvalue weighted by molar-refractivity contribution is 5.98. The summed E-state index contributed by atoms with van der Waals surface area (Å²) in [5, 5.41) is 2.93. The number of Topliss-reactive ketones (excluding diaryl/α,β-unsaturated/α-hetero) is 1. The number of nitrogens with one attached hydrogen (secondary N) is 1. The summed E-state index contributed by atoms with van der Waals surface area (Å²) in [5.74, 6) is 0.122. The van der Waals surface area contributed by atoms with Gasteiger partial charge in [-0.05, 0) is 50.3 Å². The highest BCUT2D eigenvalue weighted by Gasteiger charge is 2.27. The topological polar surface area (TPSA) is 66.5 Å². The van der Waals surface area contributed by atoms with Crippen LogP contribution in [0.5, 0.6) is 0 Å². The number of hydrogen-bond acceptors (Lipinski definition) is 3. The summed E-state index contributed by atoms with van der Waals surface area (Å²) in [6.45, 7) is 7.93. The van der Waals surface area contributed by atoms with E-state index < -0.39 is 0 Å². The summed E-state index contributed by atoms with van der Waals surface area (Å²) in [5.41, 5.74) is 2.92. The number of hydrogen-bond donors (Lipinski definition) is 1. The standard InChI is InChI=1S/C21H30N2O3/c1-4-11-22-21(26)17-9-12-23(13-10-17)20(25)8-7-19(24)18-6-5-15(2)16(3)14-18/h5-6,14,17H,4,7-13H2,1-3H3,(H,22,26). The average Bonchev–Trinajstić information content (AvgIpc) is 2.66. The predicted molar refractivity (Wildman–Crippen MR) is 102 cm³/mol. The summed E-state index contributed by atoms with van der Waals surface area (Å²) in [4.78, 5) is 38.5. The molecule has 0 unspecified atom stereocenters. The summed E-state index contributed by atoms with van der Waals surface area (Å²) in [6.07, 6.45) is 2.80. The number of carbonyl (C=O) groups excluding carboxylic acids is 3. The Hall–Kier alpha value is -2.17. The molecule has 0 radical (unpaired) electrons. The van der Waals surface area contributed by atoms with Crippen LogP contribution in [0, 0.1) is 19.8 Å². The molecule has 0 atom stereocenters. The molecular formula is C21H30N2O3. The summed E-state index contributed by atoms with van der Waals surface area (Å²) in [6, 6.07) is 5.66. The van der Waals surface area contributed by atoms with Gasteiger partial charge in [-0.2, -0.15) is 0 Å². The second-order valence-electron chi connectivity index (χ2n) is 7.17. The maximum atomic E-state index is 12.4. The van der Waals surface area contributed by atoms with Crippen LogP contribution < -0.4 is 5.32 Å². The SMILES string of the molecule is CCCNC(=O)C1CCN(C(=O)CCC(=O)c2ccc(C)c(C)c2)CC1. The van der Waals surface area contributed by atoms with Crippen LogP contribution in [0.2, 0.25) is 0 Å². The molecule has 2 rings (SSSR count). The van der Waals surface area contributed by atoms with Crippen LogP contribution in [0.3, 0.4) is 0 Å². The van der Waals surface area contributed by atoms with Gasteiger partial charge in [0.05, 0.1) is 0 Å². The van der Waals surface area contributed by atoms with Gasteiger partial charge in [-0.25, -0.2) is 0 Å². The third-order valence-corrected chi connectivity index (χ3v) is 5.16. The average molecular weight is 358 g/mol. The second kappa shape index (κ2) is 9.51. The smallest absolute Gasteiger partial charge is 0.223 e. The van der Waals surface area contributed by atoms with Crippen molar-refractivity contribution in [1.82, 2.24) is 10.2 Å². The van der Waals surface area contributed by atoms with Gasteiger partial charge in [0, 0.05) is 44.0 Å². The lowest BCUT2D eigenvalue weighted by Crippen LogP contribution is -2.43. The number of amides is 2. The van der Waals surface area contributed by atoms with Crippen molar-refractivity contribution in [3.05, 3.63) is 34.9 Å².